The molecule has 0 atom stereocenters. The molecule has 0 aromatic heterocycles. The van der Waals surface area contributed by atoms with E-state index in [4.69, 9.17) is 0 Å². The second kappa shape index (κ2) is 4.90. The second-order valence-electron chi connectivity index (χ2n) is 6.68. The molecule has 18 heavy (non-hydrogen) atoms. The van der Waals surface area contributed by atoms with E-state index in [-0.39, 0.29) is 5.41 Å². The van der Waals surface area contributed by atoms with Gasteiger partial charge in [0.1, 0.15) is 0 Å². The number of allylic oxidation sites excluding steroid dienone is 4. The topological polar surface area (TPSA) is 6.48 Å². The first kappa shape index (κ1) is 16.2. The molecule has 0 amide bonds. The molecule has 0 fully saturated rings. The van der Waals surface area contributed by atoms with Crippen molar-refractivity contribution >= 4 is 0 Å². The molecule has 104 valence electrons. The van der Waals surface area contributed by atoms with Crippen molar-refractivity contribution < 1.29 is 17.1 Å². The number of hydrogen-bond acceptors (Lipinski definition) is 2. The molecule has 0 unspecified atom stereocenters. The Balaban J connectivity index is 3.51. The molecule has 0 aliphatic heterocycles. The van der Waals surface area contributed by atoms with E-state index in [1.807, 2.05) is 0 Å². The summed E-state index contributed by atoms with van der Waals surface area (Å²) in [5.41, 5.74) is 4.82. The molecular weight excluding hydrogens is 256 g/mol. The van der Waals surface area contributed by atoms with Crippen LogP contribution in [0.15, 0.2) is 20.6 Å². The number of rotatable bonds is 3. The molecule has 0 heterocycles. The average molecular weight is 286 g/mol. The first-order valence-electron chi connectivity index (χ1n) is 6.74. The monoisotopic (exact) mass is 286 g/mol. The van der Waals surface area contributed by atoms with Crippen LogP contribution in [-0.4, -0.2) is 35.0 Å². The van der Waals surface area contributed by atoms with E-state index in [2.05, 4.69) is 74.8 Å². The van der Waals surface area contributed by atoms with Gasteiger partial charge in [0.15, 0.2) is 0 Å². The molecule has 0 spiro atoms. The van der Waals surface area contributed by atoms with Crippen LogP contribution in [0.25, 0.3) is 0 Å². The van der Waals surface area contributed by atoms with Gasteiger partial charge in [0.05, 0.1) is 0 Å². The summed E-state index contributed by atoms with van der Waals surface area (Å²) < 4.78 is 6.73. The molecule has 1 rings (SSSR count). The summed E-state index contributed by atoms with van der Waals surface area (Å²) in [6, 6.07) is 0. The Labute approximate surface area is 118 Å². The first-order chi connectivity index (χ1) is 7.98. The zero-order valence-electron chi connectivity index (χ0n) is 13.9. The fourth-order valence-electron chi connectivity index (χ4n) is 3.39. The number of nitrogens with zero attached hydrogens (tertiary/aromatic N) is 2. The van der Waals surface area contributed by atoms with Gasteiger partial charge in [-0.15, -0.1) is 0 Å². The van der Waals surface area contributed by atoms with E-state index >= 15 is 0 Å². The van der Waals surface area contributed by atoms with Crippen molar-refractivity contribution in [1.29, 1.82) is 0 Å². The molecule has 0 aromatic rings. The van der Waals surface area contributed by atoms with Crippen molar-refractivity contribution in [3.05, 3.63) is 20.6 Å². The maximum atomic E-state index is 2.51. The van der Waals surface area contributed by atoms with Gasteiger partial charge in [-0.25, -0.2) is 0 Å². The Bertz CT molecular complexity index is 406. The third kappa shape index (κ3) is 2.08. The summed E-state index contributed by atoms with van der Waals surface area (Å²) in [7, 11) is 9.00. The van der Waals surface area contributed by atoms with Crippen molar-refractivity contribution in [2.45, 2.75) is 39.8 Å². The Kier molecular flexibility index (Phi) is 4.40. The standard InChI is InChI=1S/C10H15.2C2H6N.CH3.Ti/c1-7-6-10(4,5)9(3)8(7)2;2*1-3-2;;/h1-5H3;2*1-2H3;1H3;/q;2*-1;;+2. The fourth-order valence-corrected chi connectivity index (χ4v) is 9.58. The Hall–Kier alpha value is 0.114. The summed E-state index contributed by atoms with van der Waals surface area (Å²) in [6.45, 7) is 11.7. The van der Waals surface area contributed by atoms with Crippen molar-refractivity contribution in [3.8, 4) is 0 Å². The molecule has 3 heteroatoms. The zero-order chi connectivity index (χ0) is 14.5. The van der Waals surface area contributed by atoms with Gasteiger partial charge < -0.3 is 0 Å². The maximum absolute atomic E-state index is 2.51. The van der Waals surface area contributed by atoms with Crippen LogP contribution in [0.5, 0.6) is 0 Å². The van der Waals surface area contributed by atoms with E-state index in [0.29, 0.717) is 0 Å². The third-order valence-corrected chi connectivity index (χ3v) is 13.8. The third-order valence-electron chi connectivity index (χ3n) is 5.28. The van der Waals surface area contributed by atoms with E-state index in [9.17, 15) is 0 Å². The molecule has 1 aliphatic carbocycles. The van der Waals surface area contributed by atoms with Gasteiger partial charge in [-0.2, -0.15) is 0 Å². The fraction of sp³-hybridized carbons (Fsp3) is 0.733. The molecular formula is C15H30N2Ti. The Morgan fingerprint density at radius 3 is 1.44 bits per heavy atom. The van der Waals surface area contributed by atoms with Crippen molar-refractivity contribution in [3.63, 3.8) is 0 Å². The molecule has 2 nitrogen and oxygen atoms in total. The van der Waals surface area contributed by atoms with Crippen LogP contribution in [0.4, 0.5) is 0 Å². The van der Waals surface area contributed by atoms with Crippen LogP contribution >= 0.6 is 0 Å². The van der Waals surface area contributed by atoms with E-state index in [1.54, 1.807) is 15.0 Å². The van der Waals surface area contributed by atoms with Crippen LogP contribution in [0.1, 0.15) is 34.6 Å². The second-order valence-corrected chi connectivity index (χ2v) is 13.4. The van der Waals surface area contributed by atoms with E-state index in [1.165, 1.54) is 5.57 Å². The number of hydrogen-bond donors (Lipinski definition) is 0. The normalized spacial score (nSPS) is 20.7. The molecule has 1 aliphatic rings. The quantitative estimate of drug-likeness (QED) is 0.728. The van der Waals surface area contributed by atoms with Crippen molar-refractivity contribution in [2.24, 2.45) is 5.41 Å². The summed E-state index contributed by atoms with van der Waals surface area (Å²) in [5.74, 6) is 0. The van der Waals surface area contributed by atoms with Gasteiger partial charge in [-0.3, -0.25) is 0 Å². The summed E-state index contributed by atoms with van der Waals surface area (Å²) in [6.07, 6.45) is 0. The predicted molar refractivity (Wildman–Crippen MR) is 78.1 cm³/mol. The zero-order valence-corrected chi connectivity index (χ0v) is 15.5. The first-order valence-corrected chi connectivity index (χ1v) is 10.5. The van der Waals surface area contributed by atoms with Crippen LogP contribution in [0, 0.1) is 5.41 Å². The molecule has 0 bridgehead atoms. The van der Waals surface area contributed by atoms with Gasteiger partial charge in [0.25, 0.3) is 0 Å². The molecule has 0 saturated heterocycles. The average Bonchev–Trinajstić information content (AvgIpc) is 2.38. The van der Waals surface area contributed by atoms with Crippen LogP contribution in [0.2, 0.25) is 5.23 Å². The molecule has 0 N–H and O–H groups in total. The van der Waals surface area contributed by atoms with Crippen molar-refractivity contribution in [1.82, 2.24) is 6.76 Å². The van der Waals surface area contributed by atoms with Crippen LogP contribution < -0.4 is 0 Å². The van der Waals surface area contributed by atoms with E-state index < -0.39 is 17.1 Å². The van der Waals surface area contributed by atoms with E-state index in [0.717, 1.165) is 0 Å². The van der Waals surface area contributed by atoms with Gasteiger partial charge in [0.2, 0.25) is 0 Å². The Morgan fingerprint density at radius 2 is 1.22 bits per heavy atom. The van der Waals surface area contributed by atoms with Gasteiger partial charge >= 0.3 is 118 Å². The molecule has 0 aromatic carbocycles. The minimum atomic E-state index is -2.34. The van der Waals surface area contributed by atoms with Gasteiger partial charge in [-0.05, 0) is 0 Å². The van der Waals surface area contributed by atoms with Gasteiger partial charge in [0, 0.05) is 0 Å². The Morgan fingerprint density at radius 1 is 0.833 bits per heavy atom. The minimum absolute atomic E-state index is 0.220. The molecule has 0 radical (unpaired) electrons. The molecule has 0 saturated carbocycles. The summed E-state index contributed by atoms with van der Waals surface area (Å²) in [5, 5.41) is 2.51. The van der Waals surface area contributed by atoms with Crippen LogP contribution in [0.3, 0.4) is 0 Å². The van der Waals surface area contributed by atoms with Crippen LogP contribution in [-0.2, 0) is 17.1 Å². The SMILES string of the molecule is CC1=C(C)C(C)(C)[C]([Ti]([CH3])([N](C)C)[N](C)C)=C1C. The summed E-state index contributed by atoms with van der Waals surface area (Å²) >= 11 is -2.34. The van der Waals surface area contributed by atoms with Crippen molar-refractivity contribution in [2.75, 3.05) is 28.2 Å². The summed E-state index contributed by atoms with van der Waals surface area (Å²) in [4.78, 5) is 0. The van der Waals surface area contributed by atoms with Gasteiger partial charge in [-0.1, -0.05) is 0 Å². The predicted octanol–water partition coefficient (Wildman–Crippen LogP) is 3.79.